The number of ketones is 1. The van der Waals surface area contributed by atoms with E-state index in [0.29, 0.717) is 35.9 Å². The molecule has 0 saturated carbocycles. The maximum atomic E-state index is 12.2. The van der Waals surface area contributed by atoms with Crippen LogP contribution >= 0.6 is 0 Å². The van der Waals surface area contributed by atoms with Gasteiger partial charge in [0, 0.05) is 11.3 Å². The Bertz CT molecular complexity index is 1270. The molecule has 34 heavy (non-hydrogen) atoms. The number of anilines is 2. The van der Waals surface area contributed by atoms with Crippen molar-refractivity contribution in [2.75, 3.05) is 24.7 Å². The molecular formula is C29H26N2O3. The third kappa shape index (κ3) is 6.04. The van der Waals surface area contributed by atoms with Crippen molar-refractivity contribution in [3.8, 4) is 22.6 Å². The molecule has 0 saturated heterocycles. The highest BCUT2D eigenvalue weighted by molar-refractivity contribution is 6.06. The Kier molecular flexibility index (Phi) is 7.25. The van der Waals surface area contributed by atoms with E-state index in [1.165, 1.54) is 0 Å². The molecule has 0 heterocycles. The van der Waals surface area contributed by atoms with Crippen LogP contribution in [0.3, 0.4) is 0 Å². The van der Waals surface area contributed by atoms with E-state index < -0.39 is 0 Å². The topological polar surface area (TPSA) is 87.6 Å². The zero-order valence-corrected chi connectivity index (χ0v) is 18.7. The molecule has 0 aromatic heterocycles. The molecule has 0 amide bonds. The normalized spacial score (nSPS) is 10.8. The Morgan fingerprint density at radius 3 is 2.06 bits per heavy atom. The molecule has 0 bridgehead atoms. The van der Waals surface area contributed by atoms with Gasteiger partial charge in [0.15, 0.2) is 5.78 Å². The molecule has 4 N–H and O–H groups in total. The third-order valence-corrected chi connectivity index (χ3v) is 5.23. The van der Waals surface area contributed by atoms with Gasteiger partial charge in [-0.1, -0.05) is 72.8 Å². The summed E-state index contributed by atoms with van der Waals surface area (Å²) in [4.78, 5) is 12.2. The van der Waals surface area contributed by atoms with E-state index >= 15 is 0 Å². The van der Waals surface area contributed by atoms with Crippen molar-refractivity contribution in [2.45, 2.75) is 0 Å². The molecule has 0 aliphatic carbocycles. The smallest absolute Gasteiger partial charge is 0.185 e. The monoisotopic (exact) mass is 450 g/mol. The van der Waals surface area contributed by atoms with Crippen molar-refractivity contribution in [3.63, 3.8) is 0 Å². The Morgan fingerprint density at radius 2 is 1.38 bits per heavy atom. The molecule has 0 radical (unpaired) electrons. The lowest BCUT2D eigenvalue weighted by Gasteiger charge is -2.11. The molecule has 4 aromatic rings. The average Bonchev–Trinajstić information content (AvgIpc) is 2.87. The lowest BCUT2D eigenvalue weighted by molar-refractivity contribution is 0.104. The van der Waals surface area contributed by atoms with Gasteiger partial charge in [-0.25, -0.2) is 0 Å². The van der Waals surface area contributed by atoms with E-state index in [9.17, 15) is 4.79 Å². The summed E-state index contributed by atoms with van der Waals surface area (Å²) < 4.78 is 11.4. The minimum absolute atomic E-state index is 0.0115. The van der Waals surface area contributed by atoms with Crippen molar-refractivity contribution >= 4 is 23.2 Å². The molecule has 4 aromatic carbocycles. The largest absolute Gasteiger partial charge is 0.490 e. The summed E-state index contributed by atoms with van der Waals surface area (Å²) in [7, 11) is 0. The van der Waals surface area contributed by atoms with E-state index in [0.717, 1.165) is 22.4 Å². The van der Waals surface area contributed by atoms with Crippen LogP contribution in [0.4, 0.5) is 11.4 Å². The highest BCUT2D eigenvalue weighted by Crippen LogP contribution is 2.25. The summed E-state index contributed by atoms with van der Waals surface area (Å²) in [5.41, 5.74) is 16.5. The predicted molar refractivity (Wildman–Crippen MR) is 138 cm³/mol. The zero-order valence-electron chi connectivity index (χ0n) is 18.7. The summed E-state index contributed by atoms with van der Waals surface area (Å²) in [5.74, 6) is 1.34. The van der Waals surface area contributed by atoms with Crippen molar-refractivity contribution < 1.29 is 14.3 Å². The van der Waals surface area contributed by atoms with Crippen LogP contribution in [0.2, 0.25) is 0 Å². The van der Waals surface area contributed by atoms with Gasteiger partial charge in [0.1, 0.15) is 24.7 Å². The molecule has 5 heteroatoms. The Labute approximate surface area is 199 Å². The zero-order chi connectivity index (χ0) is 23.8. The van der Waals surface area contributed by atoms with Crippen molar-refractivity contribution in [2.24, 2.45) is 0 Å². The van der Waals surface area contributed by atoms with Crippen molar-refractivity contribution in [1.82, 2.24) is 0 Å². The molecule has 0 fully saturated rings. The maximum Gasteiger partial charge on any atom is 0.185 e. The van der Waals surface area contributed by atoms with Gasteiger partial charge >= 0.3 is 0 Å². The van der Waals surface area contributed by atoms with Gasteiger partial charge in [0.05, 0.1) is 5.69 Å². The second-order valence-corrected chi connectivity index (χ2v) is 7.70. The first-order chi connectivity index (χ1) is 16.6. The number of carbonyl (C=O) groups excluding carboxylic acids is 1. The predicted octanol–water partition coefficient (Wildman–Crippen LogP) is 5.87. The molecule has 0 atom stereocenters. The average molecular weight is 451 g/mol. The number of rotatable bonds is 9. The second kappa shape index (κ2) is 10.9. The van der Waals surface area contributed by atoms with Crippen LogP contribution in [0.25, 0.3) is 17.2 Å². The Morgan fingerprint density at radius 1 is 0.735 bits per heavy atom. The molecule has 0 aliphatic heterocycles. The number of benzene rings is 4. The quantitative estimate of drug-likeness (QED) is 0.144. The number of allylic oxidation sites excluding steroid dienone is 1. The summed E-state index contributed by atoms with van der Waals surface area (Å²) in [5, 5.41) is 0. The molecule has 5 nitrogen and oxygen atoms in total. The maximum absolute atomic E-state index is 12.2. The van der Waals surface area contributed by atoms with Gasteiger partial charge in [0.2, 0.25) is 0 Å². The molecule has 4 rings (SSSR count). The summed E-state index contributed by atoms with van der Waals surface area (Å²) in [6.45, 7) is 0.767. The van der Waals surface area contributed by atoms with Gasteiger partial charge in [-0.15, -0.1) is 0 Å². The first-order valence-corrected chi connectivity index (χ1v) is 11.0. The minimum atomic E-state index is -0.0115. The highest BCUT2D eigenvalue weighted by Gasteiger charge is 2.03. The Hall–Kier alpha value is -4.51. The SMILES string of the molecule is Nc1ccc(OCCOc2ccc(-c3ccc(C=CC(=O)c4ccccc4)cc3)cc2)c(N)c1. The van der Waals surface area contributed by atoms with Crippen LogP contribution in [0.1, 0.15) is 15.9 Å². The summed E-state index contributed by atoms with van der Waals surface area (Å²) >= 11 is 0. The number of carbonyl (C=O) groups is 1. The fourth-order valence-electron chi connectivity index (χ4n) is 3.41. The first-order valence-electron chi connectivity index (χ1n) is 11.0. The van der Waals surface area contributed by atoms with Crippen LogP contribution in [-0.4, -0.2) is 19.0 Å². The summed E-state index contributed by atoms with van der Waals surface area (Å²) in [6.07, 6.45) is 3.43. The van der Waals surface area contributed by atoms with Crippen LogP contribution in [0, 0.1) is 0 Å². The van der Waals surface area contributed by atoms with E-state index in [4.69, 9.17) is 20.9 Å². The number of hydrogen-bond acceptors (Lipinski definition) is 5. The first kappa shape index (κ1) is 22.7. The molecular weight excluding hydrogens is 424 g/mol. The number of ether oxygens (including phenoxy) is 2. The molecule has 170 valence electrons. The van der Waals surface area contributed by atoms with Gasteiger partial charge in [0.25, 0.3) is 0 Å². The van der Waals surface area contributed by atoms with Crippen molar-refractivity contribution in [1.29, 1.82) is 0 Å². The molecule has 0 spiro atoms. The minimum Gasteiger partial charge on any atom is -0.490 e. The van der Waals surface area contributed by atoms with Gasteiger partial charge in [-0.2, -0.15) is 0 Å². The van der Waals surface area contributed by atoms with Gasteiger partial charge in [-0.05, 0) is 53.1 Å². The third-order valence-electron chi connectivity index (χ3n) is 5.23. The van der Waals surface area contributed by atoms with Crippen molar-refractivity contribution in [3.05, 3.63) is 114 Å². The van der Waals surface area contributed by atoms with Crippen LogP contribution in [0.5, 0.6) is 11.5 Å². The Balaban J connectivity index is 1.28. The van der Waals surface area contributed by atoms with E-state index in [2.05, 4.69) is 0 Å². The van der Waals surface area contributed by atoms with Gasteiger partial charge < -0.3 is 20.9 Å². The van der Waals surface area contributed by atoms with Crippen LogP contribution in [-0.2, 0) is 0 Å². The lowest BCUT2D eigenvalue weighted by Crippen LogP contribution is -2.10. The second-order valence-electron chi connectivity index (χ2n) is 7.70. The number of hydrogen-bond donors (Lipinski definition) is 2. The lowest BCUT2D eigenvalue weighted by atomic mass is 10.0. The van der Waals surface area contributed by atoms with E-state index in [-0.39, 0.29) is 5.78 Å². The molecule has 0 unspecified atom stereocenters. The number of nitrogen functional groups attached to an aromatic ring is 2. The van der Waals surface area contributed by atoms with E-state index in [1.807, 2.05) is 84.9 Å². The van der Waals surface area contributed by atoms with Crippen LogP contribution < -0.4 is 20.9 Å². The number of nitrogens with two attached hydrogens (primary N) is 2. The van der Waals surface area contributed by atoms with Gasteiger partial charge in [-0.3, -0.25) is 4.79 Å². The fraction of sp³-hybridized carbons (Fsp3) is 0.0690. The molecule has 0 aliphatic rings. The fourth-order valence-corrected chi connectivity index (χ4v) is 3.41. The highest BCUT2D eigenvalue weighted by atomic mass is 16.5. The van der Waals surface area contributed by atoms with Crippen LogP contribution in [0.15, 0.2) is 103 Å². The summed E-state index contributed by atoms with van der Waals surface area (Å²) in [6, 6.07) is 30.3. The van der Waals surface area contributed by atoms with E-state index in [1.54, 1.807) is 24.3 Å². The standard InChI is InChI=1S/C29H26N2O3/c30-25-13-17-29(27(31)20-25)34-19-18-33-26-14-11-23(12-15-26)22-9-6-21(7-10-22)8-16-28(32)24-4-2-1-3-5-24/h1-17,20H,18-19,30-31H2.